The minimum Gasteiger partial charge on any atom is -0.497 e. The van der Waals surface area contributed by atoms with Gasteiger partial charge in [0.15, 0.2) is 0 Å². The third kappa shape index (κ3) is 3.74. The molecule has 0 bridgehead atoms. The predicted octanol–water partition coefficient (Wildman–Crippen LogP) is 5.29. The van der Waals surface area contributed by atoms with Crippen molar-refractivity contribution >= 4 is 22.9 Å². The van der Waals surface area contributed by atoms with E-state index in [0.29, 0.717) is 0 Å². The Kier molecular flexibility index (Phi) is 4.89. The molecule has 2 rings (SSSR count). The molecule has 1 atom stereocenters. The number of aryl methyl sites for hydroxylation is 3. The standard InChI is InChI=1S/C16H19ClOS/c1-11-10-12(2)19-16(11)15(17)9-6-13-4-7-14(18-3)8-5-13/h4-5,7-8,10,15H,6,9H2,1-3H3. The summed E-state index contributed by atoms with van der Waals surface area (Å²) in [5.41, 5.74) is 2.62. The van der Waals surface area contributed by atoms with Crippen molar-refractivity contribution in [3.63, 3.8) is 0 Å². The summed E-state index contributed by atoms with van der Waals surface area (Å²) in [5.74, 6) is 0.899. The van der Waals surface area contributed by atoms with E-state index in [4.69, 9.17) is 16.3 Å². The van der Waals surface area contributed by atoms with Gasteiger partial charge in [0.2, 0.25) is 0 Å². The largest absolute Gasteiger partial charge is 0.497 e. The second-order valence-electron chi connectivity index (χ2n) is 4.76. The maximum absolute atomic E-state index is 6.52. The molecule has 3 heteroatoms. The number of hydrogen-bond acceptors (Lipinski definition) is 2. The van der Waals surface area contributed by atoms with Crippen molar-refractivity contribution in [2.45, 2.75) is 32.1 Å². The Morgan fingerprint density at radius 1 is 1.21 bits per heavy atom. The summed E-state index contributed by atoms with van der Waals surface area (Å²) in [5, 5.41) is 0.112. The van der Waals surface area contributed by atoms with Gasteiger partial charge in [0, 0.05) is 9.75 Å². The van der Waals surface area contributed by atoms with Gasteiger partial charge in [-0.2, -0.15) is 0 Å². The summed E-state index contributed by atoms with van der Waals surface area (Å²) < 4.78 is 5.16. The SMILES string of the molecule is COc1ccc(CCC(Cl)c2sc(C)cc2C)cc1. The molecule has 0 saturated heterocycles. The molecule has 1 aromatic heterocycles. The van der Waals surface area contributed by atoms with Crippen LogP contribution in [0.2, 0.25) is 0 Å². The quantitative estimate of drug-likeness (QED) is 0.681. The lowest BCUT2D eigenvalue weighted by molar-refractivity contribution is 0.414. The molecule has 0 aliphatic rings. The zero-order chi connectivity index (χ0) is 13.8. The summed E-state index contributed by atoms with van der Waals surface area (Å²) >= 11 is 8.33. The highest BCUT2D eigenvalue weighted by Crippen LogP contribution is 2.34. The summed E-state index contributed by atoms with van der Waals surface area (Å²) in [4.78, 5) is 2.65. The van der Waals surface area contributed by atoms with Crippen LogP contribution in [0.1, 0.15) is 32.7 Å². The van der Waals surface area contributed by atoms with E-state index in [0.717, 1.165) is 18.6 Å². The van der Waals surface area contributed by atoms with E-state index in [1.165, 1.54) is 20.9 Å². The molecule has 2 aromatic rings. The first-order valence-corrected chi connectivity index (χ1v) is 7.69. The molecule has 0 radical (unpaired) electrons. The van der Waals surface area contributed by atoms with Crippen molar-refractivity contribution in [1.82, 2.24) is 0 Å². The first-order valence-electron chi connectivity index (χ1n) is 6.44. The van der Waals surface area contributed by atoms with E-state index in [2.05, 4.69) is 32.0 Å². The number of thiophene rings is 1. The summed E-state index contributed by atoms with van der Waals surface area (Å²) in [7, 11) is 1.69. The molecule has 0 N–H and O–H groups in total. The van der Waals surface area contributed by atoms with Gasteiger partial charge in [-0.25, -0.2) is 0 Å². The Morgan fingerprint density at radius 2 is 1.89 bits per heavy atom. The average Bonchev–Trinajstić information content (AvgIpc) is 2.75. The fraction of sp³-hybridized carbons (Fsp3) is 0.375. The number of rotatable bonds is 5. The van der Waals surface area contributed by atoms with E-state index in [9.17, 15) is 0 Å². The van der Waals surface area contributed by atoms with E-state index in [1.807, 2.05) is 23.5 Å². The maximum Gasteiger partial charge on any atom is 0.118 e. The summed E-state index contributed by atoms with van der Waals surface area (Å²) in [6.45, 7) is 4.27. The van der Waals surface area contributed by atoms with Crippen molar-refractivity contribution in [3.8, 4) is 5.75 Å². The van der Waals surface area contributed by atoms with Crippen molar-refractivity contribution in [3.05, 3.63) is 51.2 Å². The molecule has 1 heterocycles. The van der Waals surface area contributed by atoms with Crippen molar-refractivity contribution in [2.24, 2.45) is 0 Å². The van der Waals surface area contributed by atoms with Gasteiger partial charge in [-0.1, -0.05) is 12.1 Å². The Hall–Kier alpha value is -0.990. The summed E-state index contributed by atoms with van der Waals surface area (Å²) in [6, 6.07) is 10.4. The Labute approximate surface area is 124 Å². The van der Waals surface area contributed by atoms with Crippen molar-refractivity contribution in [1.29, 1.82) is 0 Å². The van der Waals surface area contributed by atoms with Gasteiger partial charge >= 0.3 is 0 Å². The van der Waals surface area contributed by atoms with Gasteiger partial charge in [0.1, 0.15) is 5.75 Å². The second kappa shape index (κ2) is 6.44. The number of hydrogen-bond donors (Lipinski definition) is 0. The van der Waals surface area contributed by atoms with Crippen LogP contribution < -0.4 is 4.74 Å². The number of halogens is 1. The Balaban J connectivity index is 1.96. The zero-order valence-electron chi connectivity index (χ0n) is 11.6. The van der Waals surface area contributed by atoms with Crippen LogP contribution >= 0.6 is 22.9 Å². The van der Waals surface area contributed by atoms with Gasteiger partial charge in [0.25, 0.3) is 0 Å². The van der Waals surface area contributed by atoms with Crippen LogP contribution in [0, 0.1) is 13.8 Å². The molecule has 1 nitrogen and oxygen atoms in total. The number of ether oxygens (including phenoxy) is 1. The van der Waals surface area contributed by atoms with Gasteiger partial charge in [-0.05, 0) is 56.0 Å². The van der Waals surface area contributed by atoms with Crippen LogP contribution in [-0.4, -0.2) is 7.11 Å². The third-order valence-electron chi connectivity index (χ3n) is 3.21. The van der Waals surface area contributed by atoms with E-state index in [1.54, 1.807) is 7.11 Å². The molecule has 0 amide bonds. The highest BCUT2D eigenvalue weighted by molar-refractivity contribution is 7.12. The minimum absolute atomic E-state index is 0.112. The van der Waals surface area contributed by atoms with Gasteiger partial charge in [-0.3, -0.25) is 0 Å². The molecule has 0 aliphatic carbocycles. The van der Waals surface area contributed by atoms with Crippen LogP contribution in [0.4, 0.5) is 0 Å². The van der Waals surface area contributed by atoms with Crippen molar-refractivity contribution < 1.29 is 4.74 Å². The Bertz CT molecular complexity index is 530. The molecule has 1 aromatic carbocycles. The normalized spacial score (nSPS) is 12.4. The van der Waals surface area contributed by atoms with E-state index >= 15 is 0 Å². The van der Waals surface area contributed by atoms with Gasteiger partial charge in [-0.15, -0.1) is 22.9 Å². The average molecular weight is 295 g/mol. The number of methoxy groups -OCH3 is 1. The first-order chi connectivity index (χ1) is 9.10. The lowest BCUT2D eigenvalue weighted by Gasteiger charge is -2.09. The van der Waals surface area contributed by atoms with Gasteiger partial charge < -0.3 is 4.74 Å². The highest BCUT2D eigenvalue weighted by atomic mass is 35.5. The fourth-order valence-electron chi connectivity index (χ4n) is 2.19. The minimum atomic E-state index is 0.112. The number of alkyl halides is 1. The molecule has 0 aliphatic heterocycles. The third-order valence-corrected chi connectivity index (χ3v) is 5.04. The first kappa shape index (κ1) is 14.4. The topological polar surface area (TPSA) is 9.23 Å². The highest BCUT2D eigenvalue weighted by Gasteiger charge is 2.13. The monoisotopic (exact) mass is 294 g/mol. The predicted molar refractivity (Wildman–Crippen MR) is 83.7 cm³/mol. The molecule has 0 spiro atoms. The lowest BCUT2D eigenvalue weighted by atomic mass is 10.1. The zero-order valence-corrected chi connectivity index (χ0v) is 13.1. The van der Waals surface area contributed by atoms with Crippen LogP contribution in [0.3, 0.4) is 0 Å². The Morgan fingerprint density at radius 3 is 2.42 bits per heavy atom. The van der Waals surface area contributed by atoms with Crippen LogP contribution in [0.5, 0.6) is 5.75 Å². The maximum atomic E-state index is 6.52. The van der Waals surface area contributed by atoms with Crippen LogP contribution in [-0.2, 0) is 6.42 Å². The fourth-order valence-corrected chi connectivity index (χ4v) is 3.65. The molecule has 102 valence electrons. The second-order valence-corrected chi connectivity index (χ2v) is 6.57. The van der Waals surface area contributed by atoms with Gasteiger partial charge in [0.05, 0.1) is 12.5 Å². The molecule has 0 saturated carbocycles. The van der Waals surface area contributed by atoms with Crippen LogP contribution in [0.25, 0.3) is 0 Å². The molecular weight excluding hydrogens is 276 g/mol. The van der Waals surface area contributed by atoms with E-state index < -0.39 is 0 Å². The molecule has 1 unspecified atom stereocenters. The smallest absolute Gasteiger partial charge is 0.118 e. The van der Waals surface area contributed by atoms with Crippen LogP contribution in [0.15, 0.2) is 30.3 Å². The summed E-state index contributed by atoms with van der Waals surface area (Å²) in [6.07, 6.45) is 1.96. The molecule has 19 heavy (non-hydrogen) atoms. The van der Waals surface area contributed by atoms with Crippen molar-refractivity contribution in [2.75, 3.05) is 7.11 Å². The van der Waals surface area contributed by atoms with E-state index in [-0.39, 0.29) is 5.38 Å². The lowest BCUT2D eigenvalue weighted by Crippen LogP contribution is -1.93. The molecular formula is C16H19ClOS. The molecule has 0 fully saturated rings. The number of benzene rings is 1.